The van der Waals surface area contributed by atoms with Crippen LogP contribution < -0.4 is 4.83 Å². The van der Waals surface area contributed by atoms with Gasteiger partial charge in [-0.25, -0.2) is 0 Å². The molecule has 0 aliphatic heterocycles. The molecule has 2 N–H and O–H groups in total. The van der Waals surface area contributed by atoms with Crippen LogP contribution in [0.15, 0.2) is 52.5 Å². The normalized spacial score (nSPS) is 13.5. The molecule has 0 saturated heterocycles. The van der Waals surface area contributed by atoms with Crippen molar-refractivity contribution in [3.63, 3.8) is 0 Å². The average Bonchev–Trinajstić information content (AvgIpc) is 2.61. The maximum absolute atomic E-state index is 12.4. The van der Waals surface area contributed by atoms with Gasteiger partial charge in [-0.1, -0.05) is 37.6 Å². The Morgan fingerprint density at radius 1 is 1.24 bits per heavy atom. The first-order valence-electron chi connectivity index (χ1n) is 7.89. The lowest BCUT2D eigenvalue weighted by atomic mass is 9.99. The minimum atomic E-state index is -3.79. The number of nitrogens with one attached hydrogen (secondary N) is 1. The molecule has 0 heterocycles. The van der Waals surface area contributed by atoms with Crippen LogP contribution in [0.1, 0.15) is 44.2 Å². The van der Waals surface area contributed by atoms with Crippen LogP contribution in [0, 0.1) is 0 Å². The maximum Gasteiger partial charge on any atom is 0.276 e. The summed E-state index contributed by atoms with van der Waals surface area (Å²) >= 11 is 5.89. The molecule has 5 nitrogen and oxygen atoms in total. The van der Waals surface area contributed by atoms with Crippen LogP contribution in [0.5, 0.6) is 5.75 Å². The van der Waals surface area contributed by atoms with Gasteiger partial charge in [0.25, 0.3) is 10.0 Å². The second-order valence-corrected chi connectivity index (χ2v) is 7.93. The Bertz CT molecular complexity index is 878. The summed E-state index contributed by atoms with van der Waals surface area (Å²) in [4.78, 5) is 2.32. The van der Waals surface area contributed by atoms with Gasteiger partial charge >= 0.3 is 0 Å². The summed E-state index contributed by atoms with van der Waals surface area (Å²) in [5, 5.41) is 14.1. The first-order chi connectivity index (χ1) is 11.7. The predicted octanol–water partition coefficient (Wildman–Crippen LogP) is 4.26. The Labute approximate surface area is 153 Å². The molecule has 134 valence electrons. The molecule has 0 spiro atoms. The van der Waals surface area contributed by atoms with Gasteiger partial charge in [-0.15, -0.1) is 0 Å². The molecule has 0 aliphatic rings. The molecule has 2 rings (SSSR count). The monoisotopic (exact) mass is 380 g/mol. The number of benzene rings is 2. The SMILES string of the molecule is CC[C@H](C)c1ccc(S(=O)(=O)N/N=C(\C)c2cc(Cl)ccc2O)cc1. The minimum Gasteiger partial charge on any atom is -0.507 e. The van der Waals surface area contributed by atoms with E-state index in [1.165, 1.54) is 18.2 Å². The van der Waals surface area contributed by atoms with Crippen LogP contribution >= 0.6 is 11.6 Å². The van der Waals surface area contributed by atoms with E-state index in [0.717, 1.165) is 12.0 Å². The summed E-state index contributed by atoms with van der Waals surface area (Å²) in [5.74, 6) is 0.346. The number of hydrogen-bond acceptors (Lipinski definition) is 4. The summed E-state index contributed by atoms with van der Waals surface area (Å²) in [6.07, 6.45) is 0.983. The average molecular weight is 381 g/mol. The van der Waals surface area contributed by atoms with Crippen LogP contribution in [0.4, 0.5) is 0 Å². The van der Waals surface area contributed by atoms with Gasteiger partial charge in [-0.05, 0) is 55.2 Å². The zero-order valence-corrected chi connectivity index (χ0v) is 15.9. The van der Waals surface area contributed by atoms with Crippen molar-refractivity contribution >= 4 is 27.3 Å². The lowest BCUT2D eigenvalue weighted by Gasteiger charge is -2.10. The minimum absolute atomic E-state index is 0.0252. The summed E-state index contributed by atoms with van der Waals surface area (Å²) in [7, 11) is -3.79. The van der Waals surface area contributed by atoms with Gasteiger partial charge < -0.3 is 5.11 Å². The van der Waals surface area contributed by atoms with Crippen molar-refractivity contribution in [1.29, 1.82) is 0 Å². The molecule has 0 aliphatic carbocycles. The Morgan fingerprint density at radius 2 is 1.88 bits per heavy atom. The van der Waals surface area contributed by atoms with E-state index in [0.29, 0.717) is 22.2 Å². The van der Waals surface area contributed by atoms with Crippen LogP contribution in [0.2, 0.25) is 5.02 Å². The van der Waals surface area contributed by atoms with E-state index in [1.54, 1.807) is 19.1 Å². The topological polar surface area (TPSA) is 78.8 Å². The van der Waals surface area contributed by atoms with Crippen LogP contribution in [-0.4, -0.2) is 19.2 Å². The van der Waals surface area contributed by atoms with Crippen molar-refractivity contribution in [2.45, 2.75) is 38.0 Å². The fraction of sp³-hybridized carbons (Fsp3) is 0.278. The molecule has 0 radical (unpaired) electrons. The third kappa shape index (κ3) is 4.74. The van der Waals surface area contributed by atoms with Crippen molar-refractivity contribution in [2.24, 2.45) is 5.10 Å². The van der Waals surface area contributed by atoms with Crippen molar-refractivity contribution in [1.82, 2.24) is 4.83 Å². The number of halogens is 1. The smallest absolute Gasteiger partial charge is 0.276 e. The number of hydrogen-bond donors (Lipinski definition) is 2. The third-order valence-corrected chi connectivity index (χ3v) is 5.51. The number of hydrazone groups is 1. The Balaban J connectivity index is 2.22. The van der Waals surface area contributed by atoms with Crippen LogP contribution in [0.25, 0.3) is 0 Å². The van der Waals surface area contributed by atoms with E-state index in [4.69, 9.17) is 11.6 Å². The van der Waals surface area contributed by atoms with Crippen molar-refractivity contribution in [2.75, 3.05) is 0 Å². The quantitative estimate of drug-likeness (QED) is 0.580. The van der Waals surface area contributed by atoms with Gasteiger partial charge in [0.05, 0.1) is 10.6 Å². The molecule has 2 aromatic rings. The van der Waals surface area contributed by atoms with Gasteiger partial charge in [-0.2, -0.15) is 18.4 Å². The first kappa shape index (κ1) is 19.3. The molecule has 1 atom stereocenters. The van der Waals surface area contributed by atoms with Crippen LogP contribution in [0.3, 0.4) is 0 Å². The molecule has 0 fully saturated rings. The summed E-state index contributed by atoms with van der Waals surface area (Å²) in [5.41, 5.74) is 1.76. The fourth-order valence-electron chi connectivity index (χ4n) is 2.25. The lowest BCUT2D eigenvalue weighted by molar-refractivity contribution is 0.474. The molecule has 2 aromatic carbocycles. The molecule has 0 saturated carbocycles. The highest BCUT2D eigenvalue weighted by atomic mass is 35.5. The summed E-state index contributed by atoms with van der Waals surface area (Å²) in [6.45, 7) is 5.76. The molecule has 25 heavy (non-hydrogen) atoms. The Morgan fingerprint density at radius 3 is 2.48 bits per heavy atom. The van der Waals surface area contributed by atoms with Gasteiger partial charge in [0.2, 0.25) is 0 Å². The number of phenolic OH excluding ortho intramolecular Hbond substituents is 1. The number of phenols is 1. The highest BCUT2D eigenvalue weighted by Crippen LogP contribution is 2.23. The van der Waals surface area contributed by atoms with Crippen molar-refractivity contribution in [3.8, 4) is 5.75 Å². The van der Waals surface area contributed by atoms with E-state index >= 15 is 0 Å². The molecule has 0 aromatic heterocycles. The molecule has 0 bridgehead atoms. The van der Waals surface area contributed by atoms with Gasteiger partial charge in [0, 0.05) is 10.6 Å². The second-order valence-electron chi connectivity index (χ2n) is 5.83. The zero-order valence-electron chi connectivity index (χ0n) is 14.3. The molecular weight excluding hydrogens is 360 g/mol. The number of nitrogens with zero attached hydrogens (tertiary/aromatic N) is 1. The van der Waals surface area contributed by atoms with Crippen LogP contribution in [-0.2, 0) is 10.0 Å². The van der Waals surface area contributed by atoms with E-state index in [-0.39, 0.29) is 10.6 Å². The highest BCUT2D eigenvalue weighted by molar-refractivity contribution is 7.89. The standard InChI is InChI=1S/C18H21ClN2O3S/c1-4-12(2)14-5-8-16(9-6-14)25(23,24)21-20-13(3)17-11-15(19)7-10-18(17)22/h5-12,21-22H,4H2,1-3H3/b20-13+/t12-/m0/s1. The zero-order chi connectivity index (χ0) is 18.6. The van der Waals surface area contributed by atoms with Crippen molar-refractivity contribution < 1.29 is 13.5 Å². The maximum atomic E-state index is 12.4. The summed E-state index contributed by atoms with van der Waals surface area (Å²) < 4.78 is 24.7. The lowest BCUT2D eigenvalue weighted by Crippen LogP contribution is -2.20. The van der Waals surface area contributed by atoms with Gasteiger partial charge in [0.15, 0.2) is 0 Å². The Hall–Kier alpha value is -2.05. The first-order valence-corrected chi connectivity index (χ1v) is 9.75. The second kappa shape index (κ2) is 7.89. The van der Waals surface area contributed by atoms with Gasteiger partial charge in [0.1, 0.15) is 5.75 Å². The van der Waals surface area contributed by atoms with E-state index < -0.39 is 10.0 Å². The number of rotatable bonds is 6. The van der Waals surface area contributed by atoms with Gasteiger partial charge in [-0.3, -0.25) is 0 Å². The Kier molecular flexibility index (Phi) is 6.08. The largest absolute Gasteiger partial charge is 0.507 e. The predicted molar refractivity (Wildman–Crippen MR) is 101 cm³/mol. The third-order valence-electron chi connectivity index (χ3n) is 4.05. The fourth-order valence-corrected chi connectivity index (χ4v) is 3.28. The van der Waals surface area contributed by atoms with E-state index in [2.05, 4.69) is 23.8 Å². The molecule has 0 unspecified atom stereocenters. The van der Waals surface area contributed by atoms with Crippen molar-refractivity contribution in [3.05, 3.63) is 58.6 Å². The summed E-state index contributed by atoms with van der Waals surface area (Å²) in [6, 6.07) is 11.2. The number of aromatic hydroxyl groups is 1. The molecular formula is C18H21ClN2O3S. The molecule has 0 amide bonds. The highest BCUT2D eigenvalue weighted by Gasteiger charge is 2.14. The number of sulfonamides is 1. The molecule has 7 heteroatoms. The van der Waals surface area contributed by atoms with E-state index in [1.807, 2.05) is 12.1 Å². The van der Waals surface area contributed by atoms with E-state index in [9.17, 15) is 13.5 Å².